The maximum absolute atomic E-state index is 10.3. The molecule has 16 aromatic carbocycles. The summed E-state index contributed by atoms with van der Waals surface area (Å²) < 4.78 is 76.4. The molecule has 0 bridgehead atoms. The van der Waals surface area contributed by atoms with Crippen LogP contribution in [0.3, 0.4) is 0 Å². The van der Waals surface area contributed by atoms with Gasteiger partial charge in [-0.25, -0.2) is 0 Å². The lowest BCUT2D eigenvalue weighted by Crippen LogP contribution is -2.62. The van der Waals surface area contributed by atoms with Gasteiger partial charge in [0.1, 0.15) is 23.0 Å². The van der Waals surface area contributed by atoms with Crippen LogP contribution < -0.4 is 35.7 Å². The Morgan fingerprint density at radius 1 is 0.297 bits per heavy atom. The lowest BCUT2D eigenvalue weighted by molar-refractivity contribution is 0.436. The van der Waals surface area contributed by atoms with Gasteiger partial charge in [0.25, 0.3) is 6.71 Å². The van der Waals surface area contributed by atoms with Gasteiger partial charge in [-0.1, -0.05) is 343 Å². The van der Waals surface area contributed by atoms with E-state index in [1.807, 2.05) is 46.1 Å². The number of anilines is 4. The molecule has 0 saturated heterocycles. The van der Waals surface area contributed by atoms with Crippen LogP contribution >= 0.6 is 0 Å². The Kier molecular flexibility index (Phi) is 17.4. The van der Waals surface area contributed by atoms with E-state index in [4.69, 9.17) is 9.47 Å². The molecule has 6 aliphatic rings. The molecule has 2 aliphatic carbocycles. The van der Waals surface area contributed by atoms with E-state index in [1.165, 1.54) is 117 Å². The summed E-state index contributed by atoms with van der Waals surface area (Å²) >= 11 is 0. The van der Waals surface area contributed by atoms with Gasteiger partial charge in [-0.15, -0.1) is 0 Å². The minimum Gasteiger partial charge on any atom is -0.457 e. The van der Waals surface area contributed by atoms with Gasteiger partial charge in [0, 0.05) is 74.6 Å². The van der Waals surface area contributed by atoms with Crippen molar-refractivity contribution in [2.45, 2.75) is 154 Å². The zero-order chi connectivity index (χ0) is 91.8. The van der Waals surface area contributed by atoms with Crippen LogP contribution in [0.1, 0.15) is 194 Å². The first-order valence-corrected chi connectivity index (χ1v) is 46.5. The highest BCUT2D eigenvalue weighted by molar-refractivity contribution is 7.00. The molecule has 0 unspecified atom stereocenters. The molecule has 128 heavy (non-hydrogen) atoms. The van der Waals surface area contributed by atoms with Gasteiger partial charge in [0.2, 0.25) is 0 Å². The van der Waals surface area contributed by atoms with Crippen LogP contribution in [0.4, 0.5) is 22.7 Å². The average molecular weight is 1670 g/mol. The zero-order valence-electron chi connectivity index (χ0n) is 80.7. The van der Waals surface area contributed by atoms with E-state index in [-0.39, 0.29) is 48.4 Å². The van der Waals surface area contributed by atoms with Crippen LogP contribution in [0.5, 0.6) is 23.0 Å². The van der Waals surface area contributed by atoms with E-state index < -0.39 is 21.7 Å². The molecule has 17 aromatic rings. The highest BCUT2D eigenvalue weighted by Gasteiger charge is 2.54. The Morgan fingerprint density at radius 3 is 1.16 bits per heavy atom. The van der Waals surface area contributed by atoms with Crippen LogP contribution in [0.25, 0.3) is 83.1 Å². The lowest BCUT2D eigenvalue weighted by atomic mass is 9.33. The lowest BCUT2D eigenvalue weighted by Gasteiger charge is -2.45. The van der Waals surface area contributed by atoms with Crippen LogP contribution in [0.2, 0.25) is 0 Å². The maximum Gasteiger partial charge on any atom is 0.252 e. The Bertz CT molecular complexity index is 7540. The topological polar surface area (TPSA) is 29.9 Å². The Hall–Kier alpha value is -13.4. The molecule has 23 rings (SSSR count). The van der Waals surface area contributed by atoms with Crippen molar-refractivity contribution in [2.24, 2.45) is 0 Å². The third-order valence-electron chi connectivity index (χ3n) is 28.8. The van der Waals surface area contributed by atoms with Gasteiger partial charge in [0.15, 0.2) is 0 Å². The number of para-hydroxylation sites is 2. The fourth-order valence-corrected chi connectivity index (χ4v) is 22.6. The molecule has 0 radical (unpaired) electrons. The zero-order valence-corrected chi connectivity index (χ0v) is 74.7. The molecule has 4 aliphatic heterocycles. The molecule has 1 aromatic heterocycles. The SMILES string of the molecule is [2H]c1c(C(C)(C)C)c([2H])c2c3c([2H])c(C(C)(C)C)c([2H])c([2H])c3n(-c3ccc4c(c3)N(CCCCCCc3ccccc3-c3ccc5c(c3)C3(c6ccccc6O5)c5ccccc5-c5ccccc53)c3cc(C(C)(C)C)cc5c3B4c3cc(-c4ccccc4)ccc3N5CCCCCCc3ccccc3-c3ccc4c(c3)C3(c5ccccc5O4)c4ccccc4-c4ccccc43)c2c1[2H]. The molecule has 0 amide bonds. The van der Waals surface area contributed by atoms with Crippen molar-refractivity contribution in [2.75, 3.05) is 22.9 Å². The summed E-state index contributed by atoms with van der Waals surface area (Å²) in [6.45, 7) is 20.2. The summed E-state index contributed by atoms with van der Waals surface area (Å²) in [5, 5.41) is 0.742. The molecular weight excluding hydrogens is 1550 g/mol. The molecular formula is C122H108BN3O2. The summed E-state index contributed by atoms with van der Waals surface area (Å²) in [7, 11) is 0. The number of hydrogen-bond acceptors (Lipinski definition) is 4. The second kappa shape index (κ2) is 30.7. The van der Waals surface area contributed by atoms with Crippen LogP contribution in [0.15, 0.2) is 346 Å². The first kappa shape index (κ1) is 72.7. The highest BCUT2D eigenvalue weighted by Crippen LogP contribution is 2.65. The number of hydrogen-bond donors (Lipinski definition) is 0. The number of fused-ring (bicyclic) bond motifs is 25. The largest absolute Gasteiger partial charge is 0.457 e. The third-order valence-corrected chi connectivity index (χ3v) is 28.8. The minimum atomic E-state index is -0.704. The Labute approximate surface area is 763 Å². The second-order valence-corrected chi connectivity index (χ2v) is 39.5. The number of benzene rings is 16. The number of ether oxygens (including phenoxy) is 2. The van der Waals surface area contributed by atoms with E-state index in [1.54, 1.807) is 0 Å². The summed E-state index contributed by atoms with van der Waals surface area (Å²) in [4.78, 5) is 5.27. The second-order valence-electron chi connectivity index (χ2n) is 39.5. The van der Waals surface area contributed by atoms with E-state index in [2.05, 4.69) is 340 Å². The standard InChI is InChI=1S/C122H108BN3O2/c1-118(2,3)85-60-65-107-95(74-85)96-75-86(119(4,5)6)61-66-108(96)126(107)88-62-63-105-110(78-88)125(70-36-13-11-16-40-81-42-20-22-44-90(81)84-59-68-116-104(72-84)122(102-54-32-34-56-114(102)128-116)99-51-29-25-47-93(99)94-48-26-30-52-100(94)122)112-77-87(120(7,8)9)76-111-117(112)123(105)106-73-82(79-37-17-14-18-38-79)57-64-109(106)124(111)69-35-12-10-15-39-80-41-19-21-43-89(80)83-58-67-115-103(71-83)121(101-53-31-33-55-113(101)127-115)97-49-27-23-45-91(97)92-46-24-28-50-98(92)121/h14,17-34,37-38,41-68,71-78H,10-13,15-16,35-36,39-40,69-70H2,1-9H3/i60D,61D,65D,66D,74D,75D. The number of nitrogens with zero attached hydrogens (tertiary/aromatic N) is 3. The van der Waals surface area contributed by atoms with Crippen LogP contribution in [0, 0.1) is 0 Å². The Balaban J connectivity index is 0.599. The maximum atomic E-state index is 10.3. The summed E-state index contributed by atoms with van der Waals surface area (Å²) in [5.74, 6) is 3.54. The third kappa shape index (κ3) is 12.7. The molecule has 0 fully saturated rings. The molecule has 626 valence electrons. The Morgan fingerprint density at radius 2 is 0.695 bits per heavy atom. The van der Waals surface area contributed by atoms with E-state index in [0.29, 0.717) is 45.2 Å². The van der Waals surface area contributed by atoms with Gasteiger partial charge in [-0.2, -0.15) is 0 Å². The van der Waals surface area contributed by atoms with Crippen LogP contribution in [-0.2, 0) is 39.9 Å². The van der Waals surface area contributed by atoms with Crippen molar-refractivity contribution in [3.8, 4) is 84.3 Å². The summed E-state index contributed by atoms with van der Waals surface area (Å²) in [6, 6.07) is 114. The van der Waals surface area contributed by atoms with Crippen molar-refractivity contribution in [3.63, 3.8) is 0 Å². The molecule has 5 nitrogen and oxygen atoms in total. The summed E-state index contributed by atoms with van der Waals surface area (Å²) in [6.07, 6.45) is 9.75. The normalized spacial score (nSPS) is 14.9. The van der Waals surface area contributed by atoms with E-state index >= 15 is 0 Å². The predicted octanol–water partition coefficient (Wildman–Crippen LogP) is 29.6. The summed E-state index contributed by atoms with van der Waals surface area (Å²) in [5.41, 5.74) is 33.3. The molecule has 2 spiro atoms. The van der Waals surface area contributed by atoms with E-state index in [9.17, 15) is 8.22 Å². The van der Waals surface area contributed by atoms with Crippen molar-refractivity contribution < 1.29 is 17.7 Å². The number of aryl methyl sites for hydroxylation is 2. The molecule has 0 saturated carbocycles. The molecule has 0 N–H and O–H groups in total. The van der Waals surface area contributed by atoms with Crippen molar-refractivity contribution >= 4 is 67.7 Å². The monoisotopic (exact) mass is 1660 g/mol. The van der Waals surface area contributed by atoms with Crippen LogP contribution in [-0.4, -0.2) is 24.4 Å². The average Bonchev–Trinajstić information content (AvgIpc) is 1.70. The van der Waals surface area contributed by atoms with Gasteiger partial charge in [-0.05, 0) is 268 Å². The van der Waals surface area contributed by atoms with Gasteiger partial charge in [-0.3, -0.25) is 0 Å². The molecule has 6 heteroatoms. The number of unbranched alkanes of at least 4 members (excludes halogenated alkanes) is 6. The number of rotatable bonds is 18. The van der Waals surface area contributed by atoms with E-state index in [0.717, 1.165) is 133 Å². The first-order chi connectivity index (χ1) is 64.9. The minimum absolute atomic E-state index is 0.0471. The highest BCUT2D eigenvalue weighted by atomic mass is 16.5. The van der Waals surface area contributed by atoms with Gasteiger partial charge < -0.3 is 23.8 Å². The van der Waals surface area contributed by atoms with Gasteiger partial charge in [0.05, 0.1) is 30.1 Å². The van der Waals surface area contributed by atoms with Crippen molar-refractivity contribution in [1.82, 2.24) is 4.57 Å². The van der Waals surface area contributed by atoms with Crippen molar-refractivity contribution in [1.29, 1.82) is 0 Å². The number of aromatic nitrogens is 1. The quantitative estimate of drug-likeness (QED) is 0.0633. The molecule has 0 atom stereocenters. The fourth-order valence-electron chi connectivity index (χ4n) is 22.6. The fraction of sp³-hybridized carbons (Fsp3) is 0.213. The van der Waals surface area contributed by atoms with Gasteiger partial charge >= 0.3 is 0 Å². The predicted molar refractivity (Wildman–Crippen MR) is 537 cm³/mol. The first-order valence-electron chi connectivity index (χ1n) is 49.5. The smallest absolute Gasteiger partial charge is 0.252 e. The molecule has 5 heterocycles. The van der Waals surface area contributed by atoms with Crippen molar-refractivity contribution in [3.05, 3.63) is 418 Å².